The van der Waals surface area contributed by atoms with Crippen molar-refractivity contribution in [1.29, 1.82) is 0 Å². The minimum Gasteiger partial charge on any atom is -0.368 e. The van der Waals surface area contributed by atoms with Gasteiger partial charge in [0, 0.05) is 18.5 Å². The summed E-state index contributed by atoms with van der Waals surface area (Å²) in [5, 5.41) is 0. The van der Waals surface area contributed by atoms with Gasteiger partial charge in [0.2, 0.25) is 11.8 Å². The number of nitrogens with zero attached hydrogens (tertiary/aromatic N) is 1. The molecule has 1 rings (SSSR count). The fourth-order valence-electron chi connectivity index (χ4n) is 1.53. The Bertz CT molecular complexity index is 229. The first-order valence-electron chi connectivity index (χ1n) is 4.35. The number of amides is 2. The zero-order valence-electron chi connectivity index (χ0n) is 7.69. The summed E-state index contributed by atoms with van der Waals surface area (Å²) in [6.45, 7) is 1.82. The van der Waals surface area contributed by atoms with Crippen LogP contribution in [0.2, 0.25) is 0 Å². The van der Waals surface area contributed by atoms with Gasteiger partial charge in [-0.2, -0.15) is 0 Å². The minimum atomic E-state index is -0.491. The van der Waals surface area contributed by atoms with E-state index in [2.05, 4.69) is 0 Å². The number of rotatable bonds is 2. The molecule has 0 aliphatic carbocycles. The lowest BCUT2D eigenvalue weighted by Crippen LogP contribution is -2.55. The number of hydrogen-bond donors (Lipinski definition) is 2. The standard InChI is InChI=1S/C8H15N3O2/c1-5-6(9)2-3-8(13)11(5)4-7(10)12/h5-6H,2-4,9H2,1H3,(H2,10,12). The van der Waals surface area contributed by atoms with E-state index in [1.807, 2.05) is 6.92 Å². The van der Waals surface area contributed by atoms with Crippen molar-refractivity contribution >= 4 is 11.8 Å². The van der Waals surface area contributed by atoms with E-state index in [9.17, 15) is 9.59 Å². The SMILES string of the molecule is CC1C(N)CCC(=O)N1CC(N)=O. The smallest absolute Gasteiger partial charge is 0.237 e. The van der Waals surface area contributed by atoms with Crippen molar-refractivity contribution in [2.75, 3.05) is 6.54 Å². The second-order valence-corrected chi connectivity index (χ2v) is 3.43. The molecule has 0 radical (unpaired) electrons. The molecule has 0 aromatic carbocycles. The van der Waals surface area contributed by atoms with Gasteiger partial charge in [-0.05, 0) is 13.3 Å². The summed E-state index contributed by atoms with van der Waals surface area (Å²) < 4.78 is 0. The molecule has 1 aliphatic rings. The molecule has 2 unspecified atom stereocenters. The maximum absolute atomic E-state index is 11.3. The molecule has 1 fully saturated rings. The van der Waals surface area contributed by atoms with Crippen molar-refractivity contribution < 1.29 is 9.59 Å². The van der Waals surface area contributed by atoms with E-state index in [0.717, 1.165) is 0 Å². The third-order valence-corrected chi connectivity index (χ3v) is 2.45. The molecule has 1 saturated heterocycles. The van der Waals surface area contributed by atoms with Crippen LogP contribution >= 0.6 is 0 Å². The predicted molar refractivity (Wildman–Crippen MR) is 47.6 cm³/mol. The fourth-order valence-corrected chi connectivity index (χ4v) is 1.53. The topological polar surface area (TPSA) is 89.4 Å². The monoisotopic (exact) mass is 185 g/mol. The lowest BCUT2D eigenvalue weighted by molar-refractivity contribution is -0.140. The zero-order valence-corrected chi connectivity index (χ0v) is 7.69. The van der Waals surface area contributed by atoms with Crippen molar-refractivity contribution in [3.63, 3.8) is 0 Å². The Morgan fingerprint density at radius 3 is 2.85 bits per heavy atom. The molecule has 13 heavy (non-hydrogen) atoms. The Balaban J connectivity index is 2.66. The second kappa shape index (κ2) is 3.74. The predicted octanol–water partition coefficient (Wildman–Crippen LogP) is -1.19. The summed E-state index contributed by atoms with van der Waals surface area (Å²) in [6.07, 6.45) is 1.11. The lowest BCUT2D eigenvalue weighted by atomic mass is 9.98. The maximum atomic E-state index is 11.3. The van der Waals surface area contributed by atoms with Gasteiger partial charge in [-0.25, -0.2) is 0 Å². The van der Waals surface area contributed by atoms with Crippen LogP contribution in [0.5, 0.6) is 0 Å². The minimum absolute atomic E-state index is 0.0201. The summed E-state index contributed by atoms with van der Waals surface area (Å²) in [4.78, 5) is 23.5. The van der Waals surface area contributed by atoms with Crippen LogP contribution in [-0.2, 0) is 9.59 Å². The number of nitrogens with two attached hydrogens (primary N) is 2. The van der Waals surface area contributed by atoms with Gasteiger partial charge in [0.1, 0.15) is 0 Å². The Morgan fingerprint density at radius 1 is 1.69 bits per heavy atom. The van der Waals surface area contributed by atoms with Gasteiger partial charge in [-0.1, -0.05) is 0 Å². The van der Waals surface area contributed by atoms with E-state index < -0.39 is 5.91 Å². The fraction of sp³-hybridized carbons (Fsp3) is 0.750. The average molecular weight is 185 g/mol. The van der Waals surface area contributed by atoms with Crippen molar-refractivity contribution in [3.8, 4) is 0 Å². The molecule has 4 N–H and O–H groups in total. The highest BCUT2D eigenvalue weighted by Crippen LogP contribution is 2.16. The molecule has 5 heteroatoms. The molecule has 5 nitrogen and oxygen atoms in total. The van der Waals surface area contributed by atoms with E-state index in [1.165, 1.54) is 4.90 Å². The third kappa shape index (κ3) is 2.18. The van der Waals surface area contributed by atoms with E-state index in [4.69, 9.17) is 11.5 Å². The van der Waals surface area contributed by atoms with Crippen molar-refractivity contribution in [3.05, 3.63) is 0 Å². The molecule has 0 bridgehead atoms. The first-order chi connectivity index (χ1) is 6.02. The number of piperidine rings is 1. The highest BCUT2D eigenvalue weighted by atomic mass is 16.2. The Hall–Kier alpha value is -1.10. The van der Waals surface area contributed by atoms with Gasteiger partial charge in [0.25, 0.3) is 0 Å². The summed E-state index contributed by atoms with van der Waals surface area (Å²) in [5.41, 5.74) is 10.8. The van der Waals surface area contributed by atoms with Crippen LogP contribution in [0.1, 0.15) is 19.8 Å². The highest BCUT2D eigenvalue weighted by molar-refractivity contribution is 5.84. The molecule has 0 spiro atoms. The maximum Gasteiger partial charge on any atom is 0.237 e. The van der Waals surface area contributed by atoms with Crippen molar-refractivity contribution in [1.82, 2.24) is 4.90 Å². The van der Waals surface area contributed by atoms with Crippen LogP contribution in [0.25, 0.3) is 0 Å². The first-order valence-corrected chi connectivity index (χ1v) is 4.35. The van der Waals surface area contributed by atoms with Gasteiger partial charge in [-0.3, -0.25) is 9.59 Å². The number of primary amides is 1. The molecule has 74 valence electrons. The van der Waals surface area contributed by atoms with Crippen LogP contribution in [-0.4, -0.2) is 35.3 Å². The van der Waals surface area contributed by atoms with Gasteiger partial charge in [-0.15, -0.1) is 0 Å². The number of hydrogen-bond acceptors (Lipinski definition) is 3. The highest BCUT2D eigenvalue weighted by Gasteiger charge is 2.30. The molecular weight excluding hydrogens is 170 g/mol. The number of carbonyl (C=O) groups excluding carboxylic acids is 2. The van der Waals surface area contributed by atoms with Crippen molar-refractivity contribution in [2.45, 2.75) is 31.8 Å². The molecular formula is C8H15N3O2. The van der Waals surface area contributed by atoms with E-state index in [-0.39, 0.29) is 24.5 Å². The van der Waals surface area contributed by atoms with Gasteiger partial charge < -0.3 is 16.4 Å². The summed E-state index contributed by atoms with van der Waals surface area (Å²) in [6, 6.07) is -0.134. The van der Waals surface area contributed by atoms with E-state index in [1.54, 1.807) is 0 Å². The first kappa shape index (κ1) is 9.98. The Morgan fingerprint density at radius 2 is 2.31 bits per heavy atom. The van der Waals surface area contributed by atoms with Crippen LogP contribution in [0, 0.1) is 0 Å². The summed E-state index contributed by atoms with van der Waals surface area (Å²) >= 11 is 0. The number of likely N-dealkylation sites (tertiary alicyclic amines) is 1. The third-order valence-electron chi connectivity index (χ3n) is 2.45. The normalized spacial score (nSPS) is 29.1. The Kier molecular flexibility index (Phi) is 2.87. The van der Waals surface area contributed by atoms with E-state index >= 15 is 0 Å². The van der Waals surface area contributed by atoms with Gasteiger partial charge >= 0.3 is 0 Å². The molecule has 2 amide bonds. The van der Waals surface area contributed by atoms with E-state index in [0.29, 0.717) is 12.8 Å². The molecule has 0 aromatic heterocycles. The quantitative estimate of drug-likeness (QED) is 0.567. The molecule has 1 aliphatic heterocycles. The van der Waals surface area contributed by atoms with Gasteiger partial charge in [0.05, 0.1) is 6.54 Å². The zero-order chi connectivity index (χ0) is 10.0. The average Bonchev–Trinajstić information content (AvgIpc) is 2.05. The van der Waals surface area contributed by atoms with Crippen LogP contribution in [0.15, 0.2) is 0 Å². The van der Waals surface area contributed by atoms with Crippen molar-refractivity contribution in [2.24, 2.45) is 11.5 Å². The molecule has 1 heterocycles. The molecule has 2 atom stereocenters. The second-order valence-electron chi connectivity index (χ2n) is 3.43. The molecule has 0 saturated carbocycles. The van der Waals surface area contributed by atoms with Gasteiger partial charge in [0.15, 0.2) is 0 Å². The summed E-state index contributed by atoms with van der Waals surface area (Å²) in [7, 11) is 0. The van der Waals surface area contributed by atoms with Crippen LogP contribution < -0.4 is 11.5 Å². The largest absolute Gasteiger partial charge is 0.368 e. The summed E-state index contributed by atoms with van der Waals surface area (Å²) in [5.74, 6) is -0.526. The van der Waals surface area contributed by atoms with Crippen LogP contribution in [0.3, 0.4) is 0 Å². The molecule has 0 aromatic rings. The number of carbonyl (C=O) groups is 2. The van der Waals surface area contributed by atoms with Crippen LogP contribution in [0.4, 0.5) is 0 Å². The lowest BCUT2D eigenvalue weighted by Gasteiger charge is -2.36. The Labute approximate surface area is 77.1 Å².